The summed E-state index contributed by atoms with van der Waals surface area (Å²) in [6.07, 6.45) is 0.874. The molecule has 7 heteroatoms. The van der Waals surface area contributed by atoms with Gasteiger partial charge in [0.1, 0.15) is 11.2 Å². The second-order valence-corrected chi connectivity index (χ2v) is 9.06. The van der Waals surface area contributed by atoms with Gasteiger partial charge in [0, 0.05) is 29.9 Å². The van der Waals surface area contributed by atoms with E-state index in [-0.39, 0.29) is 0 Å². The maximum absolute atomic E-state index is 12.7. The van der Waals surface area contributed by atoms with Gasteiger partial charge in [0.2, 0.25) is 0 Å². The average molecular weight is 483 g/mol. The van der Waals surface area contributed by atoms with Crippen molar-refractivity contribution in [2.45, 2.75) is 31.9 Å². The molecule has 1 amide bonds. The first-order chi connectivity index (χ1) is 17.4. The minimum Gasteiger partial charge on any atom is -0.480 e. The molecule has 0 unspecified atom stereocenters. The number of amides is 1. The first-order valence-corrected chi connectivity index (χ1v) is 11.7. The lowest BCUT2D eigenvalue weighted by atomic mass is 9.92. The van der Waals surface area contributed by atoms with E-state index >= 15 is 0 Å². The van der Waals surface area contributed by atoms with Crippen molar-refractivity contribution in [3.63, 3.8) is 0 Å². The lowest BCUT2D eigenvalue weighted by Crippen LogP contribution is -2.43. The molecule has 1 aliphatic rings. The zero-order valence-electron chi connectivity index (χ0n) is 20.1. The number of rotatable bonds is 8. The van der Waals surface area contributed by atoms with Gasteiger partial charge < -0.3 is 19.7 Å². The molecule has 2 N–H and O–H groups in total. The molecular formula is C29H26N2O5. The number of carbonyl (C=O) groups excluding carboxylic acids is 1. The van der Waals surface area contributed by atoms with E-state index in [2.05, 4.69) is 35.6 Å². The summed E-state index contributed by atoms with van der Waals surface area (Å²) in [5.74, 6) is -0.832. The fourth-order valence-electron chi connectivity index (χ4n) is 4.41. The lowest BCUT2D eigenvalue weighted by molar-refractivity contribution is -0.140. The molecular weight excluding hydrogens is 456 g/mol. The Hall–Kier alpha value is -4.23. The highest BCUT2D eigenvalue weighted by Crippen LogP contribution is 2.37. The molecule has 0 atom stereocenters. The minimum atomic E-state index is -1.14. The average Bonchev–Trinajstić information content (AvgIpc) is 3.51. The van der Waals surface area contributed by atoms with Crippen LogP contribution in [0.2, 0.25) is 0 Å². The zero-order valence-corrected chi connectivity index (χ0v) is 20.1. The standard InChI is InChI=1S/C29H26N2O5/c1-18-22(19-7-4-3-5-8-19)11-12-23(24(18)17-35-2)26-16-25(31-36-26)20-9-6-10-21(15-20)27(32)30-29(13-14-29)28(33)34/h3-12,15-16H,13-14,17H2,1-2H3,(H,30,32)(H,33,34). The summed E-state index contributed by atoms with van der Waals surface area (Å²) < 4.78 is 11.2. The van der Waals surface area contributed by atoms with Crippen molar-refractivity contribution in [2.24, 2.45) is 0 Å². The van der Waals surface area contributed by atoms with Gasteiger partial charge in [-0.2, -0.15) is 0 Å². The van der Waals surface area contributed by atoms with Gasteiger partial charge in [-0.15, -0.1) is 0 Å². The van der Waals surface area contributed by atoms with Gasteiger partial charge in [0.25, 0.3) is 5.91 Å². The van der Waals surface area contributed by atoms with Crippen LogP contribution in [0.4, 0.5) is 0 Å². The van der Waals surface area contributed by atoms with Crippen LogP contribution in [-0.4, -0.2) is 34.8 Å². The summed E-state index contributed by atoms with van der Waals surface area (Å²) in [5, 5.41) is 16.3. The van der Waals surface area contributed by atoms with Crippen LogP contribution in [0.1, 0.15) is 34.3 Å². The number of methoxy groups -OCH3 is 1. The maximum atomic E-state index is 12.7. The lowest BCUT2D eigenvalue weighted by Gasteiger charge is -2.15. The monoisotopic (exact) mass is 482 g/mol. The third kappa shape index (κ3) is 4.41. The van der Waals surface area contributed by atoms with Gasteiger partial charge in [-0.25, -0.2) is 4.79 Å². The molecule has 7 nitrogen and oxygen atoms in total. The number of hydrogen-bond donors (Lipinski definition) is 2. The van der Waals surface area contributed by atoms with Gasteiger partial charge in [-0.3, -0.25) is 4.79 Å². The predicted molar refractivity (Wildman–Crippen MR) is 135 cm³/mol. The van der Waals surface area contributed by atoms with Crippen molar-refractivity contribution < 1.29 is 24.0 Å². The summed E-state index contributed by atoms with van der Waals surface area (Å²) in [6, 6.07) is 23.0. The highest BCUT2D eigenvalue weighted by atomic mass is 16.5. The molecule has 36 heavy (non-hydrogen) atoms. The molecule has 0 saturated heterocycles. The number of nitrogens with one attached hydrogen (secondary N) is 1. The number of benzene rings is 3. The number of hydrogen-bond acceptors (Lipinski definition) is 5. The van der Waals surface area contributed by atoms with E-state index in [0.29, 0.717) is 42.0 Å². The Labute approximate surface area is 208 Å². The SMILES string of the molecule is COCc1c(-c2cc(-c3cccc(C(=O)NC4(C(=O)O)CC4)c3)no2)ccc(-c2ccccc2)c1C. The Balaban J connectivity index is 1.45. The van der Waals surface area contributed by atoms with Crippen molar-refractivity contribution >= 4 is 11.9 Å². The van der Waals surface area contributed by atoms with Crippen LogP contribution < -0.4 is 5.32 Å². The van der Waals surface area contributed by atoms with Gasteiger partial charge in [0.15, 0.2) is 5.76 Å². The van der Waals surface area contributed by atoms with E-state index in [1.807, 2.05) is 36.4 Å². The Morgan fingerprint density at radius 2 is 1.72 bits per heavy atom. The number of carbonyl (C=O) groups is 2. The fraction of sp³-hybridized carbons (Fsp3) is 0.207. The summed E-state index contributed by atoms with van der Waals surface area (Å²) >= 11 is 0. The van der Waals surface area contributed by atoms with Crippen molar-refractivity contribution in [3.05, 3.63) is 89.5 Å². The third-order valence-corrected chi connectivity index (χ3v) is 6.68. The van der Waals surface area contributed by atoms with Gasteiger partial charge >= 0.3 is 5.97 Å². The number of nitrogens with zero attached hydrogens (tertiary/aromatic N) is 1. The second kappa shape index (κ2) is 9.43. The second-order valence-electron chi connectivity index (χ2n) is 9.06. The highest BCUT2D eigenvalue weighted by molar-refractivity contribution is 5.99. The normalized spacial score (nSPS) is 13.8. The van der Waals surface area contributed by atoms with Crippen molar-refractivity contribution in [1.82, 2.24) is 10.5 Å². The van der Waals surface area contributed by atoms with Crippen molar-refractivity contribution in [1.29, 1.82) is 0 Å². The summed E-state index contributed by atoms with van der Waals surface area (Å²) in [6.45, 7) is 2.49. The molecule has 1 aliphatic carbocycles. The molecule has 4 aromatic rings. The molecule has 1 heterocycles. The zero-order chi connectivity index (χ0) is 25.3. The summed E-state index contributed by atoms with van der Waals surface area (Å²) in [4.78, 5) is 24.1. The van der Waals surface area contributed by atoms with E-state index in [4.69, 9.17) is 9.26 Å². The number of aromatic nitrogens is 1. The van der Waals surface area contributed by atoms with E-state index in [1.165, 1.54) is 0 Å². The molecule has 182 valence electrons. The van der Waals surface area contributed by atoms with Crippen molar-refractivity contribution in [2.75, 3.05) is 7.11 Å². The van der Waals surface area contributed by atoms with Crippen LogP contribution in [-0.2, 0) is 16.1 Å². The first kappa shape index (κ1) is 23.5. The quantitative estimate of drug-likeness (QED) is 0.345. The van der Waals surface area contributed by atoms with E-state index in [9.17, 15) is 14.7 Å². The van der Waals surface area contributed by atoms with Crippen LogP contribution in [0.25, 0.3) is 33.7 Å². The molecule has 1 fully saturated rings. The Bertz CT molecular complexity index is 1440. The Kier molecular flexibility index (Phi) is 6.16. The number of ether oxygens (including phenoxy) is 1. The predicted octanol–water partition coefficient (Wildman–Crippen LogP) is 5.48. The van der Waals surface area contributed by atoms with Gasteiger partial charge in [-0.05, 0) is 54.2 Å². The van der Waals surface area contributed by atoms with Crippen LogP contribution >= 0.6 is 0 Å². The van der Waals surface area contributed by atoms with Crippen LogP contribution in [0.5, 0.6) is 0 Å². The number of carboxylic acid groups (broad SMARTS) is 1. The van der Waals surface area contributed by atoms with Crippen LogP contribution in [0, 0.1) is 6.92 Å². The number of carboxylic acids is 1. The molecule has 0 bridgehead atoms. The Morgan fingerprint density at radius 3 is 2.42 bits per heavy atom. The maximum Gasteiger partial charge on any atom is 0.329 e. The Morgan fingerprint density at radius 1 is 1.00 bits per heavy atom. The molecule has 1 aromatic heterocycles. The van der Waals surface area contributed by atoms with Crippen LogP contribution in [0.15, 0.2) is 77.3 Å². The van der Waals surface area contributed by atoms with E-state index in [0.717, 1.165) is 27.8 Å². The fourth-order valence-corrected chi connectivity index (χ4v) is 4.41. The number of aliphatic carboxylic acids is 1. The smallest absolute Gasteiger partial charge is 0.329 e. The van der Waals surface area contributed by atoms with Gasteiger partial charge in [-0.1, -0.05) is 59.8 Å². The molecule has 3 aromatic carbocycles. The first-order valence-electron chi connectivity index (χ1n) is 11.7. The minimum absolute atomic E-state index is 0.368. The van der Waals surface area contributed by atoms with E-state index in [1.54, 1.807) is 25.3 Å². The third-order valence-electron chi connectivity index (χ3n) is 6.68. The highest BCUT2D eigenvalue weighted by Gasteiger charge is 2.51. The summed E-state index contributed by atoms with van der Waals surface area (Å²) in [5.41, 5.74) is 5.75. The molecule has 0 spiro atoms. The largest absolute Gasteiger partial charge is 0.480 e. The molecule has 1 saturated carbocycles. The van der Waals surface area contributed by atoms with Gasteiger partial charge in [0.05, 0.1) is 6.61 Å². The van der Waals surface area contributed by atoms with E-state index < -0.39 is 17.4 Å². The van der Waals surface area contributed by atoms with Crippen molar-refractivity contribution in [3.8, 4) is 33.7 Å². The molecule has 0 aliphatic heterocycles. The molecule has 0 radical (unpaired) electrons. The topological polar surface area (TPSA) is 102 Å². The summed E-state index contributed by atoms with van der Waals surface area (Å²) in [7, 11) is 1.66. The molecule has 5 rings (SSSR count). The van der Waals surface area contributed by atoms with Crippen LogP contribution in [0.3, 0.4) is 0 Å².